The van der Waals surface area contributed by atoms with Crippen molar-refractivity contribution in [2.45, 2.75) is 31.3 Å². The summed E-state index contributed by atoms with van der Waals surface area (Å²) in [7, 11) is -2.71. The zero-order valence-electron chi connectivity index (χ0n) is 17.6. The van der Waals surface area contributed by atoms with Crippen LogP contribution in [0.15, 0.2) is 101 Å². The minimum absolute atomic E-state index is 0.144. The monoisotopic (exact) mass is 450 g/mol. The van der Waals surface area contributed by atoms with E-state index >= 15 is 0 Å². The van der Waals surface area contributed by atoms with Gasteiger partial charge in [-0.05, 0) is 24.0 Å². The van der Waals surface area contributed by atoms with Crippen LogP contribution in [0.25, 0.3) is 0 Å². The van der Waals surface area contributed by atoms with Crippen molar-refractivity contribution in [3.05, 3.63) is 108 Å². The van der Waals surface area contributed by atoms with Gasteiger partial charge in [0.05, 0.1) is 6.04 Å². The van der Waals surface area contributed by atoms with Gasteiger partial charge in [-0.1, -0.05) is 97.1 Å². The van der Waals surface area contributed by atoms with E-state index in [0.717, 1.165) is 11.1 Å². The van der Waals surface area contributed by atoms with Gasteiger partial charge >= 0.3 is 10.5 Å². The Morgan fingerprint density at radius 1 is 0.812 bits per heavy atom. The predicted octanol–water partition coefficient (Wildman–Crippen LogP) is 3.66. The van der Waals surface area contributed by atoms with Crippen molar-refractivity contribution in [2.75, 3.05) is 0 Å². The lowest BCUT2D eigenvalue weighted by molar-refractivity contribution is -0.125. The highest BCUT2D eigenvalue weighted by atomic mass is 32.2. The molecule has 0 aliphatic rings. The molecule has 1 amide bonds. The molecule has 32 heavy (non-hydrogen) atoms. The van der Waals surface area contributed by atoms with Crippen LogP contribution < -0.4 is 5.32 Å². The largest absolute Gasteiger partial charge is 0.345 e. The van der Waals surface area contributed by atoms with Crippen LogP contribution in [0.5, 0.6) is 0 Å². The molecule has 0 radical (unpaired) electrons. The van der Waals surface area contributed by atoms with E-state index in [1.807, 2.05) is 72.8 Å². The van der Waals surface area contributed by atoms with E-state index in [1.54, 1.807) is 24.3 Å². The third-order valence-corrected chi connectivity index (χ3v) is 4.96. The maximum absolute atomic E-state index is 12.4. The second-order valence-corrected chi connectivity index (χ2v) is 7.60. The van der Waals surface area contributed by atoms with Gasteiger partial charge in [0, 0.05) is 6.42 Å². The van der Waals surface area contributed by atoms with E-state index < -0.39 is 28.5 Å². The third-order valence-electron chi connectivity index (χ3n) is 4.53. The maximum atomic E-state index is 12.4. The fourth-order valence-corrected chi connectivity index (χ4v) is 3.30. The molecule has 0 spiro atoms. The molecule has 6 nitrogen and oxygen atoms in total. The Balaban J connectivity index is 0.000000520. The van der Waals surface area contributed by atoms with Gasteiger partial charge in [-0.25, -0.2) is 0 Å². The molecular formula is C25H26N2O4S. The van der Waals surface area contributed by atoms with Gasteiger partial charge in [0.25, 0.3) is 0 Å². The first-order valence-electron chi connectivity index (χ1n) is 10.2. The third kappa shape index (κ3) is 9.95. The molecule has 1 N–H and O–H groups in total. The van der Waals surface area contributed by atoms with Gasteiger partial charge in [-0.3, -0.25) is 4.79 Å². The molecule has 0 saturated heterocycles. The molecule has 166 valence electrons. The molecule has 0 aromatic heterocycles. The second-order valence-electron chi connectivity index (χ2n) is 6.96. The Morgan fingerprint density at radius 2 is 1.28 bits per heavy atom. The highest BCUT2D eigenvalue weighted by Gasteiger charge is 2.22. The van der Waals surface area contributed by atoms with E-state index in [0.29, 0.717) is 19.1 Å². The van der Waals surface area contributed by atoms with Crippen LogP contribution >= 0.6 is 0 Å². The Kier molecular flexibility index (Phi) is 11.1. The molecule has 3 rings (SSSR count). The number of carbonyl (C=O) groups is 2. The number of benzene rings is 3. The number of nitrogens with one attached hydrogen (secondary N) is 1. The summed E-state index contributed by atoms with van der Waals surface area (Å²) in [6.45, 7) is 0. The summed E-state index contributed by atoms with van der Waals surface area (Å²) in [5.74, 6) is -0.580. The van der Waals surface area contributed by atoms with Gasteiger partial charge in [0.15, 0.2) is 0 Å². The molecular weight excluding hydrogens is 424 g/mol. The lowest BCUT2D eigenvalue weighted by atomic mass is 10.0. The lowest BCUT2D eigenvalue weighted by Gasteiger charge is -2.16. The van der Waals surface area contributed by atoms with Crippen LogP contribution in [0.3, 0.4) is 0 Å². The van der Waals surface area contributed by atoms with Gasteiger partial charge in [-0.15, -0.1) is 0 Å². The first-order valence-corrected chi connectivity index (χ1v) is 11.3. The number of hydrogen-bond acceptors (Lipinski definition) is 5. The van der Waals surface area contributed by atoms with E-state index in [9.17, 15) is 18.0 Å². The molecule has 0 aliphatic carbocycles. The Bertz CT molecular complexity index is 1040. The van der Waals surface area contributed by atoms with Gasteiger partial charge in [-0.2, -0.15) is 12.8 Å². The number of aryl methyl sites for hydroxylation is 1. The van der Waals surface area contributed by atoms with E-state index in [2.05, 4.69) is 9.68 Å². The Labute approximate surface area is 190 Å². The summed E-state index contributed by atoms with van der Waals surface area (Å²) in [6, 6.07) is 28.8. The molecule has 3 aromatic carbocycles. The van der Waals surface area contributed by atoms with Crippen LogP contribution in [-0.2, 0) is 32.9 Å². The topological polar surface area (TPSA) is 92.7 Å². The fraction of sp³-hybridized carbons (Fsp3) is 0.200. The zero-order chi connectivity index (χ0) is 23.0. The van der Waals surface area contributed by atoms with Crippen molar-refractivity contribution < 1.29 is 18.0 Å². The Morgan fingerprint density at radius 3 is 1.75 bits per heavy atom. The normalized spacial score (nSPS) is 11.8. The molecule has 0 saturated carbocycles. The first kappa shape index (κ1) is 24.7. The second kappa shape index (κ2) is 14.4. The molecule has 3 aromatic rings. The van der Waals surface area contributed by atoms with Crippen LogP contribution in [-0.4, -0.2) is 32.7 Å². The fourth-order valence-electron chi connectivity index (χ4n) is 2.92. The van der Waals surface area contributed by atoms with Gasteiger partial charge in [0.2, 0.25) is 5.91 Å². The van der Waals surface area contributed by atoms with E-state index in [1.165, 1.54) is 0 Å². The number of carbonyl (C=O) groups excluding carboxylic acids is 2. The molecule has 7 heteroatoms. The number of amides is 1. The average molecular weight is 451 g/mol. The van der Waals surface area contributed by atoms with Crippen LogP contribution in [0.1, 0.15) is 17.5 Å². The number of nitrogens with zero attached hydrogens (tertiary/aromatic N) is 1. The summed E-state index contributed by atoms with van der Waals surface area (Å²) in [5, 5.41) is 2.59. The summed E-state index contributed by atoms with van der Waals surface area (Å²) in [5.41, 5.74) is 1.84. The van der Waals surface area contributed by atoms with Crippen molar-refractivity contribution in [3.63, 3.8) is 0 Å². The van der Waals surface area contributed by atoms with E-state index in [-0.39, 0.29) is 6.42 Å². The quantitative estimate of drug-likeness (QED) is 0.504. The van der Waals surface area contributed by atoms with Crippen molar-refractivity contribution in [2.24, 2.45) is 4.36 Å². The number of aldehydes is 1. The molecule has 2 atom stereocenters. The van der Waals surface area contributed by atoms with Crippen LogP contribution in [0, 0.1) is 0 Å². The van der Waals surface area contributed by atoms with Crippen molar-refractivity contribution in [1.29, 1.82) is 0 Å². The van der Waals surface area contributed by atoms with Crippen molar-refractivity contribution in [1.82, 2.24) is 5.32 Å². The van der Waals surface area contributed by atoms with Crippen molar-refractivity contribution in [3.8, 4) is 0 Å². The van der Waals surface area contributed by atoms with Crippen LogP contribution in [0.2, 0.25) is 0 Å². The van der Waals surface area contributed by atoms with Gasteiger partial charge < -0.3 is 10.1 Å². The maximum Gasteiger partial charge on any atom is 0.311 e. The predicted molar refractivity (Wildman–Crippen MR) is 124 cm³/mol. The summed E-state index contributed by atoms with van der Waals surface area (Å²) < 4.78 is 25.4. The summed E-state index contributed by atoms with van der Waals surface area (Å²) in [6.07, 6.45) is 1.86. The molecule has 0 fully saturated rings. The van der Waals surface area contributed by atoms with Crippen molar-refractivity contribution >= 4 is 22.7 Å². The minimum Gasteiger partial charge on any atom is -0.345 e. The molecule has 0 aliphatic heterocycles. The SMILES string of the molecule is O=CC(CCc1ccccc1)NC(=O)C(Cc1ccccc1)N=S(=O)=O.c1ccccc1. The summed E-state index contributed by atoms with van der Waals surface area (Å²) in [4.78, 5) is 23.7. The minimum atomic E-state index is -2.71. The molecule has 0 heterocycles. The van der Waals surface area contributed by atoms with Gasteiger partial charge in [0.1, 0.15) is 12.3 Å². The highest BCUT2D eigenvalue weighted by molar-refractivity contribution is 7.61. The van der Waals surface area contributed by atoms with Crippen LogP contribution in [0.4, 0.5) is 0 Å². The lowest BCUT2D eigenvalue weighted by Crippen LogP contribution is -2.42. The standard InChI is InChI=1S/C19H20N2O4S.C6H6/c22-14-17(12-11-15-7-3-1-4-8-15)20-19(23)18(21-26(24)25)13-16-9-5-2-6-10-16;1-2-4-6-5-3-1/h1-10,14,17-18H,11-13H2,(H,20,23);1-6H. The number of rotatable bonds is 9. The number of hydrogen-bond donors (Lipinski definition) is 1. The molecule has 2 unspecified atom stereocenters. The highest BCUT2D eigenvalue weighted by Crippen LogP contribution is 2.08. The Hall–Kier alpha value is -3.58. The first-order chi connectivity index (χ1) is 15.6. The zero-order valence-corrected chi connectivity index (χ0v) is 18.4. The molecule has 0 bridgehead atoms. The average Bonchev–Trinajstić information content (AvgIpc) is 2.83. The summed E-state index contributed by atoms with van der Waals surface area (Å²) >= 11 is 0. The smallest absolute Gasteiger partial charge is 0.311 e. The van der Waals surface area contributed by atoms with E-state index in [4.69, 9.17) is 0 Å².